The van der Waals surface area contributed by atoms with Gasteiger partial charge in [-0.2, -0.15) is 4.98 Å². The molecule has 1 aromatic heterocycles. The van der Waals surface area contributed by atoms with E-state index in [4.69, 9.17) is 10.3 Å². The molecule has 2 atom stereocenters. The Morgan fingerprint density at radius 3 is 2.95 bits per heavy atom. The highest BCUT2D eigenvalue weighted by Crippen LogP contribution is 2.31. The third-order valence-corrected chi connectivity index (χ3v) is 3.68. The van der Waals surface area contributed by atoms with Gasteiger partial charge in [0.15, 0.2) is 5.82 Å². The zero-order valence-corrected chi connectivity index (χ0v) is 11.2. The molecule has 1 heterocycles. The number of benzene rings is 1. The Hall–Kier alpha value is -1.68. The van der Waals surface area contributed by atoms with Crippen molar-refractivity contribution in [2.75, 3.05) is 0 Å². The van der Waals surface area contributed by atoms with E-state index in [0.29, 0.717) is 12.3 Å². The van der Waals surface area contributed by atoms with Crippen LogP contribution in [0.1, 0.15) is 42.1 Å². The van der Waals surface area contributed by atoms with Gasteiger partial charge in [-0.1, -0.05) is 29.4 Å². The third kappa shape index (κ3) is 2.68. The predicted octanol–water partition coefficient (Wildman–Crippen LogP) is 2.23. The number of rotatable bonds is 3. The van der Waals surface area contributed by atoms with Crippen LogP contribution in [0.4, 0.5) is 0 Å². The van der Waals surface area contributed by atoms with Gasteiger partial charge < -0.3 is 10.3 Å². The summed E-state index contributed by atoms with van der Waals surface area (Å²) in [5.74, 6) is 1.85. The molecule has 4 heteroatoms. The number of aryl methyl sites for hydroxylation is 1. The van der Waals surface area contributed by atoms with Gasteiger partial charge in [-0.15, -0.1) is 0 Å². The van der Waals surface area contributed by atoms with Crippen molar-refractivity contribution in [2.24, 2.45) is 5.73 Å². The Kier molecular flexibility index (Phi) is 3.34. The molecule has 0 aliphatic heterocycles. The Morgan fingerprint density at radius 2 is 2.16 bits per heavy atom. The minimum atomic E-state index is 0.0672. The molecule has 4 nitrogen and oxygen atoms in total. The lowest BCUT2D eigenvalue weighted by molar-refractivity contribution is 0.337. The van der Waals surface area contributed by atoms with Crippen molar-refractivity contribution in [3.63, 3.8) is 0 Å². The first-order chi connectivity index (χ1) is 9.22. The molecule has 100 valence electrons. The van der Waals surface area contributed by atoms with Crippen molar-refractivity contribution >= 4 is 0 Å². The van der Waals surface area contributed by atoms with E-state index in [1.165, 1.54) is 11.1 Å². The zero-order valence-electron chi connectivity index (χ0n) is 11.2. The number of hydrogen-bond acceptors (Lipinski definition) is 4. The van der Waals surface area contributed by atoms with E-state index in [1.807, 2.05) is 6.92 Å². The molecule has 0 fully saturated rings. The van der Waals surface area contributed by atoms with Crippen LogP contribution in [0.25, 0.3) is 0 Å². The van der Waals surface area contributed by atoms with Gasteiger partial charge in [0.25, 0.3) is 0 Å². The second-order valence-electron chi connectivity index (χ2n) is 5.44. The van der Waals surface area contributed by atoms with Crippen LogP contribution >= 0.6 is 0 Å². The molecule has 19 heavy (non-hydrogen) atoms. The Balaban J connectivity index is 1.76. The fraction of sp³-hybridized carbons (Fsp3) is 0.467. The number of hydrogen-bond donors (Lipinski definition) is 1. The summed E-state index contributed by atoms with van der Waals surface area (Å²) >= 11 is 0. The van der Waals surface area contributed by atoms with Gasteiger partial charge in [-0.25, -0.2) is 0 Å². The van der Waals surface area contributed by atoms with Crippen molar-refractivity contribution in [2.45, 2.75) is 44.6 Å². The van der Waals surface area contributed by atoms with Crippen LogP contribution in [0.5, 0.6) is 0 Å². The Bertz CT molecular complexity index is 562. The van der Waals surface area contributed by atoms with Crippen molar-refractivity contribution in [3.8, 4) is 0 Å². The van der Waals surface area contributed by atoms with E-state index in [2.05, 4.69) is 34.4 Å². The summed E-state index contributed by atoms with van der Waals surface area (Å²) < 4.78 is 5.40. The molecule has 2 unspecified atom stereocenters. The van der Waals surface area contributed by atoms with E-state index in [0.717, 1.165) is 31.0 Å². The van der Waals surface area contributed by atoms with Gasteiger partial charge in [0.2, 0.25) is 5.89 Å². The maximum atomic E-state index is 5.75. The highest BCUT2D eigenvalue weighted by Gasteiger charge is 2.24. The normalized spacial score (nSPS) is 20.0. The minimum Gasteiger partial charge on any atom is -0.339 e. The molecule has 0 bridgehead atoms. The van der Waals surface area contributed by atoms with Crippen molar-refractivity contribution < 1.29 is 4.52 Å². The molecule has 2 aromatic rings. The van der Waals surface area contributed by atoms with Crippen LogP contribution < -0.4 is 5.73 Å². The number of aromatic nitrogens is 2. The predicted molar refractivity (Wildman–Crippen MR) is 72.9 cm³/mol. The summed E-state index contributed by atoms with van der Waals surface area (Å²) in [5, 5.41) is 4.02. The van der Waals surface area contributed by atoms with Crippen LogP contribution in [-0.2, 0) is 19.3 Å². The zero-order chi connectivity index (χ0) is 13.2. The van der Waals surface area contributed by atoms with Crippen LogP contribution in [0.3, 0.4) is 0 Å². The van der Waals surface area contributed by atoms with Gasteiger partial charge in [-0.05, 0) is 37.3 Å². The van der Waals surface area contributed by atoms with Crippen LogP contribution in [0.2, 0.25) is 0 Å². The largest absolute Gasteiger partial charge is 0.339 e. The van der Waals surface area contributed by atoms with E-state index < -0.39 is 0 Å². The van der Waals surface area contributed by atoms with E-state index in [9.17, 15) is 0 Å². The fourth-order valence-corrected chi connectivity index (χ4v) is 2.71. The standard InChI is InChI=1S/C15H19N3O/c1-10(16)8-14-17-15(19-18-14)13-7-6-11-4-2-3-5-12(11)9-13/h2-5,10,13H,6-9,16H2,1H3. The number of nitrogens with two attached hydrogens (primary N) is 1. The second kappa shape index (κ2) is 5.13. The molecule has 1 aliphatic carbocycles. The van der Waals surface area contributed by atoms with E-state index >= 15 is 0 Å². The molecule has 3 rings (SSSR count). The number of nitrogens with zero attached hydrogens (tertiary/aromatic N) is 2. The van der Waals surface area contributed by atoms with Crippen molar-refractivity contribution in [1.82, 2.24) is 10.1 Å². The molecule has 2 N–H and O–H groups in total. The smallest absolute Gasteiger partial charge is 0.230 e. The average Bonchev–Trinajstić information content (AvgIpc) is 2.86. The lowest BCUT2D eigenvalue weighted by atomic mass is 9.84. The maximum absolute atomic E-state index is 5.75. The SMILES string of the molecule is CC(N)Cc1noc(C2CCc3ccccc3C2)n1. The minimum absolute atomic E-state index is 0.0672. The maximum Gasteiger partial charge on any atom is 0.230 e. The Labute approximate surface area is 113 Å². The third-order valence-electron chi connectivity index (χ3n) is 3.68. The summed E-state index contributed by atoms with van der Waals surface area (Å²) in [4.78, 5) is 4.49. The topological polar surface area (TPSA) is 64.9 Å². The van der Waals surface area contributed by atoms with Crippen LogP contribution in [0, 0.1) is 0 Å². The highest BCUT2D eigenvalue weighted by molar-refractivity contribution is 5.31. The van der Waals surface area contributed by atoms with Gasteiger partial charge in [0, 0.05) is 18.4 Å². The monoisotopic (exact) mass is 257 g/mol. The van der Waals surface area contributed by atoms with Gasteiger partial charge in [0.1, 0.15) is 0 Å². The molecule has 0 spiro atoms. The van der Waals surface area contributed by atoms with Gasteiger partial charge in [0.05, 0.1) is 0 Å². The fourth-order valence-electron chi connectivity index (χ4n) is 2.71. The molecular weight excluding hydrogens is 238 g/mol. The van der Waals surface area contributed by atoms with Crippen molar-refractivity contribution in [3.05, 3.63) is 47.1 Å². The molecule has 1 aromatic carbocycles. The molecule has 0 saturated heterocycles. The van der Waals surface area contributed by atoms with Crippen LogP contribution in [-0.4, -0.2) is 16.2 Å². The molecule has 0 amide bonds. The van der Waals surface area contributed by atoms with Crippen LogP contribution in [0.15, 0.2) is 28.8 Å². The van der Waals surface area contributed by atoms with Gasteiger partial charge in [-0.3, -0.25) is 0 Å². The summed E-state index contributed by atoms with van der Waals surface area (Å²) in [7, 11) is 0. The summed E-state index contributed by atoms with van der Waals surface area (Å²) in [6.07, 6.45) is 3.84. The first-order valence-corrected chi connectivity index (χ1v) is 6.87. The Morgan fingerprint density at radius 1 is 1.37 bits per heavy atom. The van der Waals surface area contributed by atoms with Crippen molar-refractivity contribution in [1.29, 1.82) is 0 Å². The first kappa shape index (κ1) is 12.4. The quantitative estimate of drug-likeness (QED) is 0.915. The lowest BCUT2D eigenvalue weighted by Gasteiger charge is -2.21. The van der Waals surface area contributed by atoms with Gasteiger partial charge >= 0.3 is 0 Å². The lowest BCUT2D eigenvalue weighted by Crippen LogP contribution is -2.18. The average molecular weight is 257 g/mol. The summed E-state index contributed by atoms with van der Waals surface area (Å²) in [6, 6.07) is 8.67. The molecule has 1 aliphatic rings. The molecule has 0 saturated carbocycles. The number of fused-ring (bicyclic) bond motifs is 1. The van der Waals surface area contributed by atoms with E-state index in [1.54, 1.807) is 0 Å². The molecular formula is C15H19N3O. The summed E-state index contributed by atoms with van der Waals surface area (Å²) in [6.45, 7) is 1.95. The second-order valence-corrected chi connectivity index (χ2v) is 5.44. The first-order valence-electron chi connectivity index (χ1n) is 6.87. The highest BCUT2D eigenvalue weighted by atomic mass is 16.5. The van der Waals surface area contributed by atoms with E-state index in [-0.39, 0.29) is 6.04 Å². The summed E-state index contributed by atoms with van der Waals surface area (Å²) in [5.41, 5.74) is 8.61. The molecule has 0 radical (unpaired) electrons.